The van der Waals surface area contributed by atoms with Crippen LogP contribution >= 0.6 is 24.0 Å². The minimum atomic E-state index is -0.923. The Balaban J connectivity index is 1.67. The normalized spacial score (nSPS) is 10.2. The van der Waals surface area contributed by atoms with Crippen LogP contribution in [0.5, 0.6) is 0 Å². The molecule has 0 radical (unpaired) electrons. The minimum absolute atomic E-state index is 0.146. The molecule has 2 aromatic rings. The molecule has 0 aromatic heterocycles. The smallest absolute Gasteiger partial charge is 0.239 e. The van der Waals surface area contributed by atoms with Gasteiger partial charge in [0.15, 0.2) is 16.7 Å². The van der Waals surface area contributed by atoms with Gasteiger partial charge in [0.2, 0.25) is 5.91 Å². The van der Waals surface area contributed by atoms with Crippen LogP contribution in [-0.4, -0.2) is 16.8 Å². The third-order valence-corrected chi connectivity index (χ3v) is 4.11. The lowest BCUT2D eigenvalue weighted by Crippen LogP contribution is -2.43. The Morgan fingerprint density at radius 1 is 1.00 bits per heavy atom. The summed E-state index contributed by atoms with van der Waals surface area (Å²) in [6.45, 7) is 0. The molecule has 132 valence electrons. The largest absolute Gasteiger partial charge is 0.331 e. The maximum absolute atomic E-state index is 13.1. The third-order valence-electron chi connectivity index (χ3n) is 2.91. The molecule has 0 saturated heterocycles. The zero-order valence-corrected chi connectivity index (χ0v) is 14.4. The van der Waals surface area contributed by atoms with Crippen LogP contribution in [0.1, 0.15) is 6.42 Å². The van der Waals surface area contributed by atoms with E-state index >= 15 is 0 Å². The van der Waals surface area contributed by atoms with Crippen molar-refractivity contribution in [2.24, 2.45) is 0 Å². The van der Waals surface area contributed by atoms with Crippen LogP contribution in [0.3, 0.4) is 0 Å². The molecule has 9 heteroatoms. The van der Waals surface area contributed by atoms with E-state index in [0.717, 1.165) is 12.1 Å². The standard InChI is InChI=1S/C16H14F3N3OS2/c17-10-1-3-11(4-2-10)20-16(24)22-21-15(23)7-8-25-12-5-6-13(18)14(19)9-12/h1-6,9H,7-8H2,(H,21,23)(H2,20,22,24). The Labute approximate surface area is 152 Å². The van der Waals surface area contributed by atoms with E-state index in [9.17, 15) is 18.0 Å². The van der Waals surface area contributed by atoms with Crippen molar-refractivity contribution in [3.63, 3.8) is 0 Å². The van der Waals surface area contributed by atoms with Crippen LogP contribution in [-0.2, 0) is 4.79 Å². The number of hydrogen-bond acceptors (Lipinski definition) is 3. The quantitative estimate of drug-likeness (QED) is 0.417. The van der Waals surface area contributed by atoms with Gasteiger partial charge in [-0.1, -0.05) is 0 Å². The first-order chi connectivity index (χ1) is 11.9. The van der Waals surface area contributed by atoms with Crippen LogP contribution in [0.2, 0.25) is 0 Å². The maximum atomic E-state index is 13.1. The molecule has 0 spiro atoms. The lowest BCUT2D eigenvalue weighted by molar-refractivity contribution is -0.121. The van der Waals surface area contributed by atoms with Gasteiger partial charge in [0, 0.05) is 22.8 Å². The molecule has 2 rings (SSSR count). The van der Waals surface area contributed by atoms with Gasteiger partial charge in [-0.3, -0.25) is 15.6 Å². The highest BCUT2D eigenvalue weighted by Crippen LogP contribution is 2.20. The molecule has 0 aliphatic heterocycles. The molecule has 25 heavy (non-hydrogen) atoms. The molecule has 0 saturated carbocycles. The molecule has 2 aromatic carbocycles. The highest BCUT2D eigenvalue weighted by atomic mass is 32.2. The first-order valence-electron chi connectivity index (χ1n) is 7.13. The molecular weight excluding hydrogens is 371 g/mol. The second-order valence-corrected chi connectivity index (χ2v) is 6.39. The second kappa shape index (κ2) is 9.28. The van der Waals surface area contributed by atoms with Gasteiger partial charge in [-0.15, -0.1) is 11.8 Å². The summed E-state index contributed by atoms with van der Waals surface area (Å²) in [5.41, 5.74) is 5.50. The molecule has 0 atom stereocenters. The van der Waals surface area contributed by atoms with Crippen molar-refractivity contribution >= 4 is 40.7 Å². The second-order valence-electron chi connectivity index (χ2n) is 4.81. The summed E-state index contributed by atoms with van der Waals surface area (Å²) in [5, 5.41) is 2.92. The Hall–Kier alpha value is -2.26. The summed E-state index contributed by atoms with van der Waals surface area (Å²) in [6, 6.07) is 9.13. The molecule has 1 amide bonds. The molecule has 0 aliphatic carbocycles. The van der Waals surface area contributed by atoms with Gasteiger partial charge in [0.1, 0.15) is 5.82 Å². The number of nitrogens with one attached hydrogen (secondary N) is 3. The van der Waals surface area contributed by atoms with E-state index in [1.54, 1.807) is 0 Å². The number of thioether (sulfide) groups is 1. The fourth-order valence-electron chi connectivity index (χ4n) is 1.71. The number of hydrazine groups is 1. The van der Waals surface area contributed by atoms with Crippen molar-refractivity contribution in [1.82, 2.24) is 10.9 Å². The number of anilines is 1. The highest BCUT2D eigenvalue weighted by Gasteiger charge is 2.06. The predicted molar refractivity (Wildman–Crippen MR) is 95.6 cm³/mol. The topological polar surface area (TPSA) is 53.2 Å². The number of hydrogen-bond donors (Lipinski definition) is 3. The number of carbonyl (C=O) groups excluding carboxylic acids is 1. The summed E-state index contributed by atoms with van der Waals surface area (Å²) < 4.78 is 38.7. The van der Waals surface area contributed by atoms with Crippen LogP contribution < -0.4 is 16.2 Å². The zero-order valence-electron chi connectivity index (χ0n) is 12.8. The fourth-order valence-corrected chi connectivity index (χ4v) is 2.76. The van der Waals surface area contributed by atoms with Crippen LogP contribution in [0.25, 0.3) is 0 Å². The average molecular weight is 385 g/mol. The van der Waals surface area contributed by atoms with Crippen molar-refractivity contribution in [3.05, 3.63) is 59.9 Å². The minimum Gasteiger partial charge on any atom is -0.331 e. The van der Waals surface area contributed by atoms with Gasteiger partial charge in [0.05, 0.1) is 0 Å². The fraction of sp³-hybridized carbons (Fsp3) is 0.125. The first-order valence-corrected chi connectivity index (χ1v) is 8.52. The van der Waals surface area contributed by atoms with Crippen molar-refractivity contribution < 1.29 is 18.0 Å². The number of amides is 1. The summed E-state index contributed by atoms with van der Waals surface area (Å²) in [4.78, 5) is 12.2. The molecule has 3 N–H and O–H groups in total. The van der Waals surface area contributed by atoms with Crippen LogP contribution in [0.15, 0.2) is 47.4 Å². The van der Waals surface area contributed by atoms with E-state index in [1.807, 2.05) is 0 Å². The summed E-state index contributed by atoms with van der Waals surface area (Å²) in [6.07, 6.45) is 0.149. The van der Waals surface area contributed by atoms with E-state index in [-0.39, 0.29) is 23.3 Å². The monoisotopic (exact) mass is 385 g/mol. The lowest BCUT2D eigenvalue weighted by atomic mass is 10.3. The Kier molecular flexibility index (Phi) is 7.08. The van der Waals surface area contributed by atoms with Crippen LogP contribution in [0, 0.1) is 17.5 Å². The number of rotatable bonds is 5. The highest BCUT2D eigenvalue weighted by molar-refractivity contribution is 7.99. The Morgan fingerprint density at radius 2 is 1.72 bits per heavy atom. The van der Waals surface area contributed by atoms with Gasteiger partial charge in [-0.25, -0.2) is 13.2 Å². The van der Waals surface area contributed by atoms with Gasteiger partial charge < -0.3 is 5.32 Å². The molecule has 0 unspecified atom stereocenters. The van der Waals surface area contributed by atoms with Crippen molar-refractivity contribution in [3.8, 4) is 0 Å². The molecule has 0 bridgehead atoms. The summed E-state index contributed by atoms with van der Waals surface area (Å²) >= 11 is 6.22. The predicted octanol–water partition coefficient (Wildman–Crippen LogP) is 3.60. The summed E-state index contributed by atoms with van der Waals surface area (Å²) in [7, 11) is 0. The van der Waals surface area contributed by atoms with E-state index in [1.165, 1.54) is 42.1 Å². The molecule has 0 aliphatic rings. The summed E-state index contributed by atoms with van der Waals surface area (Å²) in [5.74, 6) is -2.13. The Morgan fingerprint density at radius 3 is 2.40 bits per heavy atom. The van der Waals surface area contributed by atoms with Crippen LogP contribution in [0.4, 0.5) is 18.9 Å². The van der Waals surface area contributed by atoms with Gasteiger partial charge in [0.25, 0.3) is 0 Å². The van der Waals surface area contributed by atoms with E-state index in [0.29, 0.717) is 16.3 Å². The first kappa shape index (κ1) is 19.1. The SMILES string of the molecule is O=C(CCSc1ccc(F)c(F)c1)NNC(=S)Nc1ccc(F)cc1. The Bertz CT molecular complexity index is 757. The molecule has 0 heterocycles. The van der Waals surface area contributed by atoms with Crippen molar-refractivity contribution in [1.29, 1.82) is 0 Å². The van der Waals surface area contributed by atoms with Gasteiger partial charge in [-0.2, -0.15) is 0 Å². The number of thiocarbonyl (C=S) groups is 1. The van der Waals surface area contributed by atoms with Gasteiger partial charge in [-0.05, 0) is 54.7 Å². The number of benzene rings is 2. The van der Waals surface area contributed by atoms with E-state index < -0.39 is 11.6 Å². The number of halogens is 3. The van der Waals surface area contributed by atoms with Crippen molar-refractivity contribution in [2.45, 2.75) is 11.3 Å². The van der Waals surface area contributed by atoms with Crippen molar-refractivity contribution in [2.75, 3.05) is 11.1 Å². The van der Waals surface area contributed by atoms with E-state index in [4.69, 9.17) is 12.2 Å². The zero-order chi connectivity index (χ0) is 18.2. The molecule has 0 fully saturated rings. The molecular formula is C16H14F3N3OS2. The van der Waals surface area contributed by atoms with E-state index in [2.05, 4.69) is 16.2 Å². The average Bonchev–Trinajstić information content (AvgIpc) is 2.58. The lowest BCUT2D eigenvalue weighted by Gasteiger charge is -2.11. The molecule has 4 nitrogen and oxygen atoms in total. The number of carbonyl (C=O) groups is 1. The maximum Gasteiger partial charge on any atom is 0.239 e. The van der Waals surface area contributed by atoms with Gasteiger partial charge >= 0.3 is 0 Å². The third kappa shape index (κ3) is 6.63.